The Kier molecular flexibility index (Phi) is 6.80. The predicted octanol–water partition coefficient (Wildman–Crippen LogP) is 3.81. The Morgan fingerprint density at radius 1 is 1.10 bits per heavy atom. The van der Waals surface area contributed by atoms with Gasteiger partial charge in [-0.05, 0) is 62.5 Å². The number of hydrogen-bond donors (Lipinski definition) is 1. The summed E-state index contributed by atoms with van der Waals surface area (Å²) in [6.07, 6.45) is 4.75. The van der Waals surface area contributed by atoms with Crippen LogP contribution in [0, 0.1) is 0 Å². The van der Waals surface area contributed by atoms with Gasteiger partial charge in [-0.15, -0.1) is 0 Å². The fourth-order valence-corrected chi connectivity index (χ4v) is 4.17. The van der Waals surface area contributed by atoms with E-state index >= 15 is 0 Å². The summed E-state index contributed by atoms with van der Waals surface area (Å²) in [5.41, 5.74) is 1.88. The van der Waals surface area contributed by atoms with Crippen molar-refractivity contribution in [1.82, 2.24) is 10.2 Å². The molecule has 5 heteroatoms. The van der Waals surface area contributed by atoms with Crippen LogP contribution in [-0.2, 0) is 4.74 Å². The summed E-state index contributed by atoms with van der Waals surface area (Å²) in [6.45, 7) is 4.13. The highest BCUT2D eigenvalue weighted by molar-refractivity contribution is 5.94. The van der Waals surface area contributed by atoms with Crippen LogP contribution in [0.2, 0.25) is 0 Å². The maximum Gasteiger partial charge on any atom is 0.251 e. The van der Waals surface area contributed by atoms with Crippen molar-refractivity contribution < 1.29 is 14.3 Å². The third-order valence-electron chi connectivity index (χ3n) is 5.78. The average Bonchev–Trinajstić information content (AvgIpc) is 3.48. The number of likely N-dealkylation sites (tertiary alicyclic amines) is 1. The van der Waals surface area contributed by atoms with E-state index in [9.17, 15) is 4.79 Å². The summed E-state index contributed by atoms with van der Waals surface area (Å²) in [7, 11) is 0. The molecule has 2 atom stereocenters. The number of carbonyl (C=O) groups is 1. The minimum Gasteiger partial charge on any atom is -0.491 e. The quantitative estimate of drug-likeness (QED) is 0.740. The van der Waals surface area contributed by atoms with Crippen molar-refractivity contribution >= 4 is 5.91 Å². The molecule has 2 aliphatic rings. The zero-order valence-electron chi connectivity index (χ0n) is 16.9. The van der Waals surface area contributed by atoms with Crippen LogP contribution in [0.4, 0.5) is 0 Å². The highest BCUT2D eigenvalue weighted by atomic mass is 16.5. The summed E-state index contributed by atoms with van der Waals surface area (Å²) < 4.78 is 11.4. The second kappa shape index (κ2) is 9.90. The first-order chi connectivity index (χ1) is 14.3. The van der Waals surface area contributed by atoms with Crippen LogP contribution < -0.4 is 10.1 Å². The van der Waals surface area contributed by atoms with Crippen molar-refractivity contribution in [2.45, 2.75) is 37.8 Å². The Morgan fingerprint density at radius 3 is 2.69 bits per heavy atom. The fourth-order valence-electron chi connectivity index (χ4n) is 4.17. The van der Waals surface area contributed by atoms with E-state index in [1.165, 1.54) is 18.4 Å². The Morgan fingerprint density at radius 2 is 1.93 bits per heavy atom. The van der Waals surface area contributed by atoms with Gasteiger partial charge in [0.2, 0.25) is 0 Å². The van der Waals surface area contributed by atoms with Crippen molar-refractivity contribution in [3.8, 4) is 5.75 Å². The van der Waals surface area contributed by atoms with Gasteiger partial charge in [0.05, 0.1) is 12.1 Å². The Balaban J connectivity index is 1.36. The number of hydrogen-bond acceptors (Lipinski definition) is 4. The van der Waals surface area contributed by atoms with Crippen molar-refractivity contribution in [3.63, 3.8) is 0 Å². The maximum absolute atomic E-state index is 12.8. The number of nitrogens with zero attached hydrogens (tertiary/aromatic N) is 1. The molecule has 2 saturated heterocycles. The molecule has 1 amide bonds. The molecule has 0 bridgehead atoms. The molecule has 2 aromatic carbocycles. The molecule has 1 N–H and O–H groups in total. The minimum absolute atomic E-state index is 0.0623. The Bertz CT molecular complexity index is 784. The van der Waals surface area contributed by atoms with Crippen LogP contribution in [0.1, 0.15) is 47.6 Å². The molecule has 0 radical (unpaired) electrons. The van der Waals surface area contributed by atoms with Crippen LogP contribution in [0.15, 0.2) is 54.6 Å². The molecular formula is C24H30N2O3. The van der Waals surface area contributed by atoms with Crippen LogP contribution in [0.25, 0.3) is 0 Å². The smallest absolute Gasteiger partial charge is 0.251 e. The SMILES string of the molecule is O=C(NC[C@@H](c1ccccc1)N1CCCC1)c1cccc(OC[C@@H]2CCCO2)c1. The summed E-state index contributed by atoms with van der Waals surface area (Å²) in [4.78, 5) is 15.3. The number of benzene rings is 2. The summed E-state index contributed by atoms with van der Waals surface area (Å²) in [5.74, 6) is 0.653. The normalized spacial score (nSPS) is 20.5. The van der Waals surface area contributed by atoms with Crippen molar-refractivity contribution in [1.29, 1.82) is 0 Å². The Hall–Kier alpha value is -2.37. The van der Waals surface area contributed by atoms with Gasteiger partial charge in [-0.25, -0.2) is 0 Å². The maximum atomic E-state index is 12.8. The van der Waals surface area contributed by atoms with E-state index in [0.717, 1.165) is 32.5 Å². The first kappa shape index (κ1) is 19.9. The van der Waals surface area contributed by atoms with Crippen molar-refractivity contribution in [2.24, 2.45) is 0 Å². The molecule has 0 unspecified atom stereocenters. The van der Waals surface area contributed by atoms with E-state index in [1.54, 1.807) is 0 Å². The molecule has 2 heterocycles. The highest BCUT2D eigenvalue weighted by Crippen LogP contribution is 2.24. The van der Waals surface area contributed by atoms with Gasteiger partial charge in [-0.1, -0.05) is 36.4 Å². The van der Waals surface area contributed by atoms with Gasteiger partial charge in [0.1, 0.15) is 12.4 Å². The third kappa shape index (κ3) is 5.37. The van der Waals surface area contributed by atoms with E-state index < -0.39 is 0 Å². The molecule has 2 aliphatic heterocycles. The van der Waals surface area contributed by atoms with Crippen LogP contribution in [-0.4, -0.2) is 49.8 Å². The zero-order chi connectivity index (χ0) is 19.9. The molecule has 4 rings (SSSR count). The van der Waals surface area contributed by atoms with E-state index in [-0.39, 0.29) is 18.1 Å². The van der Waals surface area contributed by atoms with Crippen LogP contribution in [0.3, 0.4) is 0 Å². The second-order valence-electron chi connectivity index (χ2n) is 7.85. The van der Waals surface area contributed by atoms with Gasteiger partial charge in [-0.3, -0.25) is 9.69 Å². The van der Waals surface area contributed by atoms with Crippen LogP contribution >= 0.6 is 0 Å². The summed E-state index contributed by atoms with van der Waals surface area (Å²) >= 11 is 0. The topological polar surface area (TPSA) is 50.8 Å². The van der Waals surface area contributed by atoms with Gasteiger partial charge < -0.3 is 14.8 Å². The fraction of sp³-hybridized carbons (Fsp3) is 0.458. The lowest BCUT2D eigenvalue weighted by Crippen LogP contribution is -2.36. The molecule has 5 nitrogen and oxygen atoms in total. The third-order valence-corrected chi connectivity index (χ3v) is 5.78. The monoisotopic (exact) mass is 394 g/mol. The number of carbonyl (C=O) groups excluding carboxylic acids is 1. The summed E-state index contributed by atoms with van der Waals surface area (Å²) in [5, 5.41) is 3.14. The van der Waals surface area contributed by atoms with E-state index in [0.29, 0.717) is 24.5 Å². The molecule has 2 fully saturated rings. The molecule has 0 aromatic heterocycles. The lowest BCUT2D eigenvalue weighted by molar-refractivity contribution is 0.0679. The van der Waals surface area contributed by atoms with Gasteiger partial charge in [0.15, 0.2) is 0 Å². The molecule has 154 valence electrons. The van der Waals surface area contributed by atoms with Crippen LogP contribution in [0.5, 0.6) is 5.75 Å². The largest absolute Gasteiger partial charge is 0.491 e. The van der Waals surface area contributed by atoms with Crippen molar-refractivity contribution in [3.05, 3.63) is 65.7 Å². The number of nitrogens with one attached hydrogen (secondary N) is 1. The molecule has 2 aromatic rings. The molecular weight excluding hydrogens is 364 g/mol. The lowest BCUT2D eigenvalue weighted by Gasteiger charge is -2.28. The molecule has 29 heavy (non-hydrogen) atoms. The molecule has 0 spiro atoms. The van der Waals surface area contributed by atoms with Gasteiger partial charge in [0, 0.05) is 18.7 Å². The Labute approximate surface area is 173 Å². The van der Waals surface area contributed by atoms with E-state index in [2.05, 4.69) is 34.5 Å². The predicted molar refractivity (Wildman–Crippen MR) is 113 cm³/mol. The molecule has 0 aliphatic carbocycles. The first-order valence-corrected chi connectivity index (χ1v) is 10.7. The lowest BCUT2D eigenvalue weighted by atomic mass is 10.1. The number of amides is 1. The standard InChI is InChI=1S/C24H30N2O3/c27-24(20-10-6-11-21(16-20)29-18-22-12-7-15-28-22)25-17-23(26-13-4-5-14-26)19-8-2-1-3-9-19/h1-3,6,8-11,16,22-23H,4-5,7,12-15,17-18H2,(H,25,27)/t22-,23-/m0/s1. The first-order valence-electron chi connectivity index (χ1n) is 10.7. The van der Waals surface area contributed by atoms with Gasteiger partial charge in [0.25, 0.3) is 5.91 Å². The van der Waals surface area contributed by atoms with E-state index in [1.807, 2.05) is 30.3 Å². The van der Waals surface area contributed by atoms with Gasteiger partial charge in [-0.2, -0.15) is 0 Å². The number of rotatable bonds is 8. The highest BCUT2D eigenvalue weighted by Gasteiger charge is 2.24. The zero-order valence-corrected chi connectivity index (χ0v) is 16.9. The minimum atomic E-state index is -0.0623. The molecule has 0 saturated carbocycles. The summed E-state index contributed by atoms with van der Waals surface area (Å²) in [6, 6.07) is 18.1. The number of ether oxygens (including phenoxy) is 2. The van der Waals surface area contributed by atoms with Gasteiger partial charge >= 0.3 is 0 Å². The van der Waals surface area contributed by atoms with Crippen molar-refractivity contribution in [2.75, 3.05) is 32.8 Å². The average molecular weight is 395 g/mol. The second-order valence-corrected chi connectivity index (χ2v) is 7.85. The van der Waals surface area contributed by atoms with E-state index in [4.69, 9.17) is 9.47 Å².